The van der Waals surface area contributed by atoms with Crippen molar-refractivity contribution < 1.29 is 9.53 Å². The largest absolute Gasteiger partial charge is 0.443 e. The smallest absolute Gasteiger partial charge is 0.419 e. The van der Waals surface area contributed by atoms with Crippen molar-refractivity contribution in [2.75, 3.05) is 0 Å². The van der Waals surface area contributed by atoms with Crippen molar-refractivity contribution in [1.82, 2.24) is 9.55 Å². The Labute approximate surface area is 143 Å². The molecule has 0 fully saturated rings. The minimum atomic E-state index is -0.618. The lowest BCUT2D eigenvalue weighted by Crippen LogP contribution is -2.27. The molecule has 0 aliphatic heterocycles. The number of nitrogens with one attached hydrogen (secondary N) is 1. The van der Waals surface area contributed by atoms with Crippen LogP contribution in [0.3, 0.4) is 0 Å². The van der Waals surface area contributed by atoms with E-state index in [0.717, 1.165) is 10.8 Å². The lowest BCUT2D eigenvalue weighted by atomic mass is 10.1. The third-order valence-electron chi connectivity index (χ3n) is 4.12. The summed E-state index contributed by atoms with van der Waals surface area (Å²) in [7, 11) is 0. The van der Waals surface area contributed by atoms with Gasteiger partial charge in [-0.25, -0.2) is 9.36 Å². The number of carbonyl (C=O) groups excluding carboxylic acids is 1. The minimum Gasteiger partial charge on any atom is -0.443 e. The van der Waals surface area contributed by atoms with Gasteiger partial charge in [0, 0.05) is 16.2 Å². The lowest BCUT2D eigenvalue weighted by molar-refractivity contribution is 0.0551. The van der Waals surface area contributed by atoms with Crippen molar-refractivity contribution in [3.05, 3.63) is 58.9 Å². The first kappa shape index (κ1) is 15.4. The van der Waals surface area contributed by atoms with Gasteiger partial charge in [-0.2, -0.15) is 0 Å². The summed E-state index contributed by atoms with van der Waals surface area (Å²) in [6.07, 6.45) is -0.462. The van der Waals surface area contributed by atoms with Crippen molar-refractivity contribution in [1.29, 1.82) is 0 Å². The molecule has 2 heterocycles. The van der Waals surface area contributed by atoms with Gasteiger partial charge < -0.3 is 9.72 Å². The normalized spacial score (nSPS) is 12.1. The molecule has 0 aliphatic carbocycles. The maximum Gasteiger partial charge on any atom is 0.419 e. The Balaban J connectivity index is 2.21. The van der Waals surface area contributed by atoms with Gasteiger partial charge in [-0.15, -0.1) is 0 Å². The van der Waals surface area contributed by atoms with E-state index in [1.807, 2.05) is 63.2 Å². The average Bonchev–Trinajstić information content (AvgIpc) is 2.88. The second-order valence-electron chi connectivity index (χ2n) is 7.06. The zero-order chi connectivity index (χ0) is 17.8. The van der Waals surface area contributed by atoms with Crippen LogP contribution in [0.1, 0.15) is 20.8 Å². The van der Waals surface area contributed by atoms with Gasteiger partial charge >= 0.3 is 6.09 Å². The highest BCUT2D eigenvalue weighted by Crippen LogP contribution is 2.31. The van der Waals surface area contributed by atoms with Crippen molar-refractivity contribution in [2.45, 2.75) is 26.4 Å². The quantitative estimate of drug-likeness (QED) is 0.518. The molecule has 0 amide bonds. The Kier molecular flexibility index (Phi) is 3.22. The fraction of sp³-hybridized carbons (Fsp3) is 0.200. The number of para-hydroxylation sites is 1. The van der Waals surface area contributed by atoms with E-state index < -0.39 is 11.7 Å². The Hall–Kier alpha value is -3.08. The second-order valence-corrected chi connectivity index (χ2v) is 7.06. The van der Waals surface area contributed by atoms with Gasteiger partial charge in [0.1, 0.15) is 5.60 Å². The molecule has 1 N–H and O–H groups in total. The average molecular weight is 334 g/mol. The van der Waals surface area contributed by atoms with E-state index in [-0.39, 0.29) is 5.56 Å². The monoisotopic (exact) mass is 334 g/mol. The highest BCUT2D eigenvalue weighted by atomic mass is 16.6. The maximum absolute atomic E-state index is 12.9. The summed E-state index contributed by atoms with van der Waals surface area (Å²) in [5, 5.41) is 2.08. The van der Waals surface area contributed by atoms with E-state index in [1.54, 1.807) is 10.6 Å². The molecule has 0 aliphatic rings. The third-order valence-corrected chi connectivity index (χ3v) is 4.12. The summed E-state index contributed by atoms with van der Waals surface area (Å²) < 4.78 is 7.16. The maximum atomic E-state index is 12.9. The van der Waals surface area contributed by atoms with Gasteiger partial charge in [0.15, 0.2) is 0 Å². The molecule has 2 aromatic carbocycles. The first-order valence-electron chi connectivity index (χ1n) is 8.14. The number of carbonyl (C=O) groups is 1. The molecule has 4 aromatic rings. The van der Waals surface area contributed by atoms with Crippen LogP contribution < -0.4 is 5.56 Å². The van der Waals surface area contributed by atoms with Gasteiger partial charge in [-0.1, -0.05) is 36.4 Å². The standard InChI is InChI=1S/C20H18N2O3/c1-20(2,3)25-19(24)22-15-11-7-6-10-14(15)16-17(22)12-8-4-5-9-13(12)18(23)21-16/h4-11H,1-3H3,(H,21,23). The van der Waals surface area contributed by atoms with Gasteiger partial charge in [0.25, 0.3) is 5.56 Å². The molecular weight excluding hydrogens is 316 g/mol. The number of hydrogen-bond acceptors (Lipinski definition) is 3. The molecular formula is C20H18N2O3. The first-order valence-corrected chi connectivity index (χ1v) is 8.14. The topological polar surface area (TPSA) is 64.1 Å². The Morgan fingerprint density at radius 1 is 0.960 bits per heavy atom. The summed E-state index contributed by atoms with van der Waals surface area (Å²) in [6.45, 7) is 5.50. The second kappa shape index (κ2) is 5.21. The first-order chi connectivity index (χ1) is 11.9. The number of ether oxygens (including phenoxy) is 1. The zero-order valence-corrected chi connectivity index (χ0v) is 14.3. The van der Waals surface area contributed by atoms with E-state index in [4.69, 9.17) is 4.74 Å². The van der Waals surface area contributed by atoms with E-state index in [1.165, 1.54) is 0 Å². The Bertz CT molecular complexity index is 1190. The molecule has 0 saturated heterocycles. The van der Waals surface area contributed by atoms with Gasteiger partial charge in [-0.3, -0.25) is 4.79 Å². The Morgan fingerprint density at radius 3 is 2.24 bits per heavy atom. The molecule has 0 unspecified atom stereocenters. The predicted octanol–water partition coefficient (Wildman–Crippen LogP) is 4.42. The summed E-state index contributed by atoms with van der Waals surface area (Å²) >= 11 is 0. The highest BCUT2D eigenvalue weighted by Gasteiger charge is 2.24. The SMILES string of the molecule is CC(C)(C)OC(=O)n1c2ccccc2c2[nH]c(=O)c3ccccc3c21. The third kappa shape index (κ3) is 2.39. The van der Waals surface area contributed by atoms with Crippen molar-refractivity contribution >= 4 is 38.8 Å². The molecule has 4 rings (SSSR count). The highest BCUT2D eigenvalue weighted by molar-refractivity contribution is 6.18. The summed E-state index contributed by atoms with van der Waals surface area (Å²) in [6, 6.07) is 14.8. The molecule has 5 heteroatoms. The number of fused-ring (bicyclic) bond motifs is 5. The van der Waals surface area contributed by atoms with Crippen LogP contribution in [0.2, 0.25) is 0 Å². The number of H-pyrrole nitrogens is 1. The van der Waals surface area contributed by atoms with Crippen LogP contribution >= 0.6 is 0 Å². The van der Waals surface area contributed by atoms with Crippen LogP contribution in [0, 0.1) is 0 Å². The van der Waals surface area contributed by atoms with Crippen molar-refractivity contribution in [2.24, 2.45) is 0 Å². The molecule has 0 radical (unpaired) electrons. The fourth-order valence-electron chi connectivity index (χ4n) is 3.19. The summed E-state index contributed by atoms with van der Waals surface area (Å²) in [5.74, 6) is 0. The number of aromatic nitrogens is 2. The molecule has 0 spiro atoms. The molecule has 2 aromatic heterocycles. The van der Waals surface area contributed by atoms with E-state index in [9.17, 15) is 9.59 Å². The number of aromatic amines is 1. The predicted molar refractivity (Wildman–Crippen MR) is 99.2 cm³/mol. The fourth-order valence-corrected chi connectivity index (χ4v) is 3.19. The van der Waals surface area contributed by atoms with E-state index >= 15 is 0 Å². The van der Waals surface area contributed by atoms with Gasteiger partial charge in [0.2, 0.25) is 0 Å². The number of pyridine rings is 1. The molecule has 0 saturated carbocycles. The van der Waals surface area contributed by atoms with Crippen LogP contribution in [-0.2, 0) is 4.74 Å². The molecule has 0 bridgehead atoms. The summed E-state index contributed by atoms with van der Waals surface area (Å²) in [5.41, 5.74) is 1.22. The van der Waals surface area contributed by atoms with Crippen LogP contribution in [0.4, 0.5) is 4.79 Å². The lowest BCUT2D eigenvalue weighted by Gasteiger charge is -2.20. The van der Waals surface area contributed by atoms with Crippen LogP contribution in [0.15, 0.2) is 53.3 Å². The van der Waals surface area contributed by atoms with Gasteiger partial charge in [0.05, 0.1) is 16.6 Å². The number of nitrogens with zero attached hydrogens (tertiary/aromatic N) is 1. The van der Waals surface area contributed by atoms with E-state index in [0.29, 0.717) is 21.9 Å². The molecule has 5 nitrogen and oxygen atoms in total. The van der Waals surface area contributed by atoms with Crippen LogP contribution in [0.25, 0.3) is 32.7 Å². The van der Waals surface area contributed by atoms with Crippen molar-refractivity contribution in [3.8, 4) is 0 Å². The zero-order valence-electron chi connectivity index (χ0n) is 14.3. The van der Waals surface area contributed by atoms with Crippen molar-refractivity contribution in [3.63, 3.8) is 0 Å². The molecule has 0 atom stereocenters. The minimum absolute atomic E-state index is 0.171. The van der Waals surface area contributed by atoms with Gasteiger partial charge in [-0.05, 0) is 32.9 Å². The number of rotatable bonds is 0. The Morgan fingerprint density at radius 2 is 1.56 bits per heavy atom. The number of benzene rings is 2. The number of hydrogen-bond donors (Lipinski definition) is 1. The van der Waals surface area contributed by atoms with Crippen LogP contribution in [-0.4, -0.2) is 21.2 Å². The summed E-state index contributed by atoms with van der Waals surface area (Å²) in [4.78, 5) is 28.3. The van der Waals surface area contributed by atoms with Crippen LogP contribution in [0.5, 0.6) is 0 Å². The molecule has 25 heavy (non-hydrogen) atoms. The van der Waals surface area contributed by atoms with E-state index in [2.05, 4.69) is 4.98 Å². The molecule has 126 valence electrons.